The highest BCUT2D eigenvalue weighted by atomic mass is 16.2. The molecule has 2 aromatic rings. The summed E-state index contributed by atoms with van der Waals surface area (Å²) in [6.45, 7) is 6.36. The van der Waals surface area contributed by atoms with E-state index in [1.54, 1.807) is 15.6 Å². The van der Waals surface area contributed by atoms with Gasteiger partial charge in [-0.15, -0.1) is 0 Å². The van der Waals surface area contributed by atoms with Gasteiger partial charge in [0.1, 0.15) is 5.69 Å². The zero-order valence-electron chi connectivity index (χ0n) is 15.5. The van der Waals surface area contributed by atoms with E-state index in [0.717, 1.165) is 18.5 Å². The van der Waals surface area contributed by atoms with Gasteiger partial charge in [0.25, 0.3) is 5.91 Å². The normalized spacial score (nSPS) is 18.1. The Morgan fingerprint density at radius 3 is 2.62 bits per heavy atom. The fraction of sp³-hybridized carbons (Fsp3) is 0.450. The predicted molar refractivity (Wildman–Crippen MR) is 99.5 cm³/mol. The van der Waals surface area contributed by atoms with E-state index in [1.807, 2.05) is 48.4 Å². The van der Waals surface area contributed by atoms with Gasteiger partial charge in [0.05, 0.1) is 0 Å². The van der Waals surface area contributed by atoms with Crippen LogP contribution < -0.4 is 0 Å². The number of hydrogen-bond acceptors (Lipinski definition) is 3. The second-order valence-corrected chi connectivity index (χ2v) is 6.63. The molecule has 3 rings (SSSR count). The highest BCUT2D eigenvalue weighted by molar-refractivity contribution is 5.92. The third-order valence-electron chi connectivity index (χ3n) is 4.93. The van der Waals surface area contributed by atoms with E-state index in [9.17, 15) is 9.59 Å². The van der Waals surface area contributed by atoms with Crippen LogP contribution >= 0.6 is 0 Å². The number of nitrogens with zero attached hydrogens (tertiary/aromatic N) is 4. The lowest BCUT2D eigenvalue weighted by Crippen LogP contribution is -2.43. The van der Waals surface area contributed by atoms with Gasteiger partial charge >= 0.3 is 0 Å². The molecule has 1 aliphatic rings. The van der Waals surface area contributed by atoms with Gasteiger partial charge in [0.15, 0.2) is 0 Å². The molecule has 138 valence electrons. The number of aryl methyl sites for hydroxylation is 1. The molecule has 0 radical (unpaired) electrons. The standard InChI is InChI=1S/C20H26N4O2/c1-3-17-15-22(20(26)18-10-13-23(4-2)21-18)12-11-19(25)24(17)14-16-8-6-5-7-9-16/h5-10,13,17H,3-4,11-12,14-15H2,1-2H3/t17-/m1/s1. The number of carbonyl (C=O) groups is 2. The molecule has 1 atom stereocenters. The largest absolute Gasteiger partial charge is 0.335 e. The van der Waals surface area contributed by atoms with Crippen LogP contribution in [0.25, 0.3) is 0 Å². The van der Waals surface area contributed by atoms with Crippen LogP contribution in [0.1, 0.15) is 42.7 Å². The summed E-state index contributed by atoms with van der Waals surface area (Å²) in [6.07, 6.45) is 2.98. The minimum Gasteiger partial charge on any atom is -0.335 e. The van der Waals surface area contributed by atoms with Gasteiger partial charge in [-0.25, -0.2) is 0 Å². The summed E-state index contributed by atoms with van der Waals surface area (Å²) in [5.74, 6) is 0.0140. The van der Waals surface area contributed by atoms with Crippen molar-refractivity contribution in [1.29, 1.82) is 0 Å². The van der Waals surface area contributed by atoms with Gasteiger partial charge in [-0.1, -0.05) is 37.3 Å². The first-order valence-corrected chi connectivity index (χ1v) is 9.28. The molecule has 1 aromatic carbocycles. The molecule has 0 unspecified atom stereocenters. The Morgan fingerprint density at radius 2 is 1.96 bits per heavy atom. The SMILES string of the molecule is CC[C@@H]1CN(C(=O)c2ccn(CC)n2)CCC(=O)N1Cc1ccccc1. The van der Waals surface area contributed by atoms with E-state index >= 15 is 0 Å². The van der Waals surface area contributed by atoms with E-state index in [2.05, 4.69) is 12.0 Å². The van der Waals surface area contributed by atoms with Crippen molar-refractivity contribution in [1.82, 2.24) is 19.6 Å². The Kier molecular flexibility index (Phi) is 5.71. The third kappa shape index (κ3) is 3.95. The molecule has 1 saturated heterocycles. The van der Waals surface area contributed by atoms with Crippen molar-refractivity contribution in [3.63, 3.8) is 0 Å². The van der Waals surface area contributed by atoms with Gasteiger partial charge in [0, 0.05) is 44.8 Å². The maximum absolute atomic E-state index is 12.8. The number of amides is 2. The molecule has 0 aliphatic carbocycles. The van der Waals surface area contributed by atoms with Crippen LogP contribution in [0.4, 0.5) is 0 Å². The smallest absolute Gasteiger partial charge is 0.274 e. The van der Waals surface area contributed by atoms with Crippen molar-refractivity contribution < 1.29 is 9.59 Å². The monoisotopic (exact) mass is 354 g/mol. The molecule has 1 fully saturated rings. The van der Waals surface area contributed by atoms with E-state index in [4.69, 9.17) is 0 Å². The average molecular weight is 354 g/mol. The van der Waals surface area contributed by atoms with Gasteiger partial charge in [-0.3, -0.25) is 14.3 Å². The summed E-state index contributed by atoms with van der Waals surface area (Å²) in [6, 6.07) is 11.8. The number of benzene rings is 1. The summed E-state index contributed by atoms with van der Waals surface area (Å²) in [7, 11) is 0. The van der Waals surface area contributed by atoms with Crippen molar-refractivity contribution in [2.45, 2.75) is 45.8 Å². The molecule has 1 aromatic heterocycles. The van der Waals surface area contributed by atoms with Crippen LogP contribution in [-0.2, 0) is 17.9 Å². The topological polar surface area (TPSA) is 58.4 Å². The molecule has 6 heteroatoms. The first-order valence-electron chi connectivity index (χ1n) is 9.28. The number of carbonyl (C=O) groups excluding carboxylic acids is 2. The lowest BCUT2D eigenvalue weighted by molar-refractivity contribution is -0.133. The van der Waals surface area contributed by atoms with Crippen LogP contribution in [-0.4, -0.2) is 50.5 Å². The first-order chi connectivity index (χ1) is 12.6. The highest BCUT2D eigenvalue weighted by Crippen LogP contribution is 2.19. The van der Waals surface area contributed by atoms with E-state index in [-0.39, 0.29) is 17.9 Å². The molecule has 0 bridgehead atoms. The zero-order valence-corrected chi connectivity index (χ0v) is 15.5. The van der Waals surface area contributed by atoms with Gasteiger partial charge < -0.3 is 9.80 Å². The molecule has 0 spiro atoms. The van der Waals surface area contributed by atoms with Gasteiger partial charge in [-0.05, 0) is 25.0 Å². The maximum Gasteiger partial charge on any atom is 0.274 e. The Hall–Kier alpha value is -2.63. The van der Waals surface area contributed by atoms with Crippen molar-refractivity contribution >= 4 is 11.8 Å². The average Bonchev–Trinajstić information content (AvgIpc) is 3.10. The quantitative estimate of drug-likeness (QED) is 0.829. The molecule has 2 heterocycles. The fourth-order valence-corrected chi connectivity index (χ4v) is 3.37. The van der Waals surface area contributed by atoms with Crippen molar-refractivity contribution in [3.05, 3.63) is 53.9 Å². The molecule has 26 heavy (non-hydrogen) atoms. The number of rotatable bonds is 5. The number of aromatic nitrogens is 2. The summed E-state index contributed by atoms with van der Waals surface area (Å²) < 4.78 is 1.75. The molecule has 0 saturated carbocycles. The van der Waals surface area contributed by atoms with Crippen molar-refractivity contribution in [2.75, 3.05) is 13.1 Å². The molecule has 6 nitrogen and oxygen atoms in total. The lowest BCUT2D eigenvalue weighted by atomic mass is 10.1. The van der Waals surface area contributed by atoms with Crippen LogP contribution in [0, 0.1) is 0 Å². The van der Waals surface area contributed by atoms with E-state index in [1.165, 1.54) is 0 Å². The first kappa shape index (κ1) is 18.2. The summed E-state index contributed by atoms with van der Waals surface area (Å²) in [4.78, 5) is 29.2. The molecule has 2 amide bonds. The van der Waals surface area contributed by atoms with Gasteiger partial charge in [-0.2, -0.15) is 5.10 Å². The van der Waals surface area contributed by atoms with Crippen LogP contribution in [0.2, 0.25) is 0 Å². The lowest BCUT2D eigenvalue weighted by Gasteiger charge is -2.31. The molecular formula is C20H26N4O2. The summed E-state index contributed by atoms with van der Waals surface area (Å²) >= 11 is 0. The predicted octanol–water partition coefficient (Wildman–Crippen LogP) is 2.56. The summed E-state index contributed by atoms with van der Waals surface area (Å²) in [5, 5.41) is 4.32. The highest BCUT2D eigenvalue weighted by Gasteiger charge is 2.31. The Labute approximate surface area is 154 Å². The minimum atomic E-state index is -0.0926. The Morgan fingerprint density at radius 1 is 1.19 bits per heavy atom. The van der Waals surface area contributed by atoms with Crippen LogP contribution in [0.5, 0.6) is 0 Å². The van der Waals surface area contributed by atoms with E-state index in [0.29, 0.717) is 31.7 Å². The zero-order chi connectivity index (χ0) is 18.5. The third-order valence-corrected chi connectivity index (χ3v) is 4.93. The van der Waals surface area contributed by atoms with Crippen LogP contribution in [0.15, 0.2) is 42.6 Å². The van der Waals surface area contributed by atoms with E-state index < -0.39 is 0 Å². The minimum absolute atomic E-state index is 0.0161. The molecular weight excluding hydrogens is 328 g/mol. The maximum atomic E-state index is 12.8. The Bertz CT molecular complexity index is 756. The van der Waals surface area contributed by atoms with Crippen LogP contribution in [0.3, 0.4) is 0 Å². The second kappa shape index (κ2) is 8.17. The van der Waals surface area contributed by atoms with Crippen molar-refractivity contribution in [3.8, 4) is 0 Å². The second-order valence-electron chi connectivity index (χ2n) is 6.63. The fourth-order valence-electron chi connectivity index (χ4n) is 3.37. The summed E-state index contributed by atoms with van der Waals surface area (Å²) in [5.41, 5.74) is 1.56. The van der Waals surface area contributed by atoms with Gasteiger partial charge in [0.2, 0.25) is 5.91 Å². The molecule has 0 N–H and O–H groups in total. The number of hydrogen-bond donors (Lipinski definition) is 0. The molecule has 1 aliphatic heterocycles. The van der Waals surface area contributed by atoms with Crippen molar-refractivity contribution in [2.24, 2.45) is 0 Å². The Balaban J connectivity index is 1.76.